The van der Waals surface area contributed by atoms with E-state index in [1.807, 2.05) is 69.2 Å². The number of morpholine rings is 1. The van der Waals surface area contributed by atoms with Gasteiger partial charge in [0.15, 0.2) is 0 Å². The van der Waals surface area contributed by atoms with Gasteiger partial charge in [0, 0.05) is 59.3 Å². The minimum atomic E-state index is -3.73. The Morgan fingerprint density at radius 3 is 2.59 bits per heavy atom. The van der Waals surface area contributed by atoms with Gasteiger partial charge in [-0.25, -0.2) is 13.1 Å². The fourth-order valence-electron chi connectivity index (χ4n) is 6.44. The quantitative estimate of drug-likeness (QED) is 0.252. The molecule has 6 rings (SSSR count). The van der Waals surface area contributed by atoms with Crippen LogP contribution in [0, 0.1) is 13.8 Å². The second kappa shape index (κ2) is 13.5. The maximum atomic E-state index is 13.9. The van der Waals surface area contributed by atoms with Crippen LogP contribution < -0.4 is 4.90 Å². The molecule has 46 heavy (non-hydrogen) atoms. The van der Waals surface area contributed by atoms with E-state index in [1.165, 1.54) is 0 Å². The van der Waals surface area contributed by atoms with E-state index in [0.29, 0.717) is 50.0 Å². The first kappa shape index (κ1) is 32.1. The molecule has 4 aromatic rings. The molecule has 2 aliphatic rings. The summed E-state index contributed by atoms with van der Waals surface area (Å²) in [5.74, 6) is -0.608. The van der Waals surface area contributed by atoms with Crippen molar-refractivity contribution in [3.05, 3.63) is 82.4 Å². The van der Waals surface area contributed by atoms with Crippen LogP contribution in [0.5, 0.6) is 0 Å². The van der Waals surface area contributed by atoms with Crippen molar-refractivity contribution < 1.29 is 22.7 Å². The Morgan fingerprint density at radius 2 is 1.78 bits per heavy atom. The minimum Gasteiger partial charge on any atom is -0.464 e. The predicted molar refractivity (Wildman–Crippen MR) is 176 cm³/mol. The van der Waals surface area contributed by atoms with E-state index >= 15 is 0 Å². The zero-order chi connectivity index (χ0) is 32.4. The van der Waals surface area contributed by atoms with Gasteiger partial charge in [-0.05, 0) is 59.9 Å². The van der Waals surface area contributed by atoms with Crippen molar-refractivity contribution in [2.75, 3.05) is 64.5 Å². The number of ether oxygens (including phenoxy) is 2. The maximum Gasteiger partial charge on any atom is 0.306 e. The van der Waals surface area contributed by atoms with Gasteiger partial charge in [0.2, 0.25) is 10.0 Å². The zero-order valence-corrected chi connectivity index (χ0v) is 27.8. The van der Waals surface area contributed by atoms with Crippen LogP contribution in [0.25, 0.3) is 11.0 Å². The topological polar surface area (TPSA) is 110 Å². The minimum absolute atomic E-state index is 0.137. The van der Waals surface area contributed by atoms with Gasteiger partial charge in [0.1, 0.15) is 17.0 Å². The highest BCUT2D eigenvalue weighted by molar-refractivity contribution is 7.89. The molecule has 0 spiro atoms. The van der Waals surface area contributed by atoms with E-state index in [1.54, 1.807) is 21.1 Å². The van der Waals surface area contributed by atoms with Gasteiger partial charge in [-0.15, -0.1) is 5.10 Å². The standard InChI is InChI=1S/C34H42N6O5S/c1-24-9-10-26(21-27(24)23-40-14-13-37(3)30-7-5-6-8-32(30)46(40,42)43)29(22-33(41)45-20-17-39-15-18-44-19-16-39)28-11-12-31-34(25(28)2)35-36-38(31)4/h5-12,21,29H,13-20,22-23H2,1-4H3. The van der Waals surface area contributed by atoms with Gasteiger partial charge in [-0.2, -0.15) is 4.31 Å². The Balaban J connectivity index is 1.30. The molecule has 0 N–H and O–H groups in total. The fraction of sp³-hybridized carbons (Fsp3) is 0.441. The van der Waals surface area contributed by atoms with Crippen LogP contribution in [0.3, 0.4) is 0 Å². The van der Waals surface area contributed by atoms with Crippen LogP contribution in [-0.4, -0.2) is 98.2 Å². The summed E-state index contributed by atoms with van der Waals surface area (Å²) < 4.78 is 42.2. The van der Waals surface area contributed by atoms with Gasteiger partial charge in [0.05, 0.1) is 30.8 Å². The summed E-state index contributed by atoms with van der Waals surface area (Å²) in [5, 5.41) is 8.60. The van der Waals surface area contributed by atoms with E-state index < -0.39 is 10.0 Å². The number of benzene rings is 3. The van der Waals surface area contributed by atoms with Gasteiger partial charge >= 0.3 is 5.97 Å². The lowest BCUT2D eigenvalue weighted by atomic mass is 9.84. The molecule has 3 heterocycles. The molecular weight excluding hydrogens is 604 g/mol. The van der Waals surface area contributed by atoms with Gasteiger partial charge in [-0.1, -0.05) is 41.6 Å². The molecule has 0 bridgehead atoms. The highest BCUT2D eigenvalue weighted by atomic mass is 32.2. The average Bonchev–Trinajstić information content (AvgIpc) is 3.40. The summed E-state index contributed by atoms with van der Waals surface area (Å²) in [5.41, 5.74) is 7.12. The maximum absolute atomic E-state index is 13.9. The van der Waals surface area contributed by atoms with Gasteiger partial charge in [-0.3, -0.25) is 9.69 Å². The van der Waals surface area contributed by atoms with Gasteiger partial charge in [0.25, 0.3) is 0 Å². The molecule has 1 atom stereocenters. The molecule has 0 amide bonds. The summed E-state index contributed by atoms with van der Waals surface area (Å²) in [6.07, 6.45) is 0.137. The largest absolute Gasteiger partial charge is 0.464 e. The molecular formula is C34H42N6O5S. The number of para-hydroxylation sites is 1. The molecule has 1 fully saturated rings. The fourth-order valence-corrected chi connectivity index (χ4v) is 8.08. The number of carbonyl (C=O) groups excluding carboxylic acids is 1. The van der Waals surface area contributed by atoms with Crippen LogP contribution in [0.4, 0.5) is 5.69 Å². The molecule has 1 saturated heterocycles. The Labute approximate surface area is 270 Å². The van der Waals surface area contributed by atoms with E-state index in [4.69, 9.17) is 9.47 Å². The van der Waals surface area contributed by atoms with Crippen molar-refractivity contribution in [1.82, 2.24) is 24.2 Å². The number of esters is 1. The lowest BCUT2D eigenvalue weighted by Crippen LogP contribution is -2.38. The van der Waals surface area contributed by atoms with E-state index in [0.717, 1.165) is 51.9 Å². The number of aromatic nitrogens is 3. The van der Waals surface area contributed by atoms with Crippen LogP contribution in [0.2, 0.25) is 0 Å². The number of hydrogen-bond donors (Lipinski definition) is 0. The summed E-state index contributed by atoms with van der Waals surface area (Å²) in [4.78, 5) is 17.9. The van der Waals surface area contributed by atoms with E-state index in [-0.39, 0.29) is 24.9 Å². The third kappa shape index (κ3) is 6.52. The molecule has 1 unspecified atom stereocenters. The Hall–Kier alpha value is -3.84. The number of carbonyl (C=O) groups is 1. The molecule has 1 aromatic heterocycles. The lowest BCUT2D eigenvalue weighted by molar-refractivity contribution is -0.144. The van der Waals surface area contributed by atoms with Crippen LogP contribution in [0.15, 0.2) is 59.5 Å². The molecule has 0 saturated carbocycles. The van der Waals surface area contributed by atoms with Crippen molar-refractivity contribution in [2.24, 2.45) is 7.05 Å². The third-order valence-corrected chi connectivity index (χ3v) is 11.2. The number of likely N-dealkylation sites (N-methyl/N-ethyl adjacent to an activating group) is 1. The molecule has 12 heteroatoms. The smallest absolute Gasteiger partial charge is 0.306 e. The second-order valence-electron chi connectivity index (χ2n) is 12.2. The number of anilines is 1. The number of rotatable bonds is 9. The Bertz CT molecular complexity index is 1840. The number of aryl methyl sites for hydroxylation is 3. The van der Waals surface area contributed by atoms with E-state index in [2.05, 4.69) is 21.3 Å². The van der Waals surface area contributed by atoms with Crippen molar-refractivity contribution in [3.63, 3.8) is 0 Å². The first-order chi connectivity index (χ1) is 22.1. The summed E-state index contributed by atoms with van der Waals surface area (Å²) in [7, 11) is 0.0478. The molecule has 11 nitrogen and oxygen atoms in total. The summed E-state index contributed by atoms with van der Waals surface area (Å²) in [6.45, 7) is 9.20. The normalized spacial score (nSPS) is 17.9. The highest BCUT2D eigenvalue weighted by Gasteiger charge is 2.32. The monoisotopic (exact) mass is 646 g/mol. The number of sulfonamides is 1. The predicted octanol–water partition coefficient (Wildman–Crippen LogP) is 3.62. The zero-order valence-electron chi connectivity index (χ0n) is 27.0. The summed E-state index contributed by atoms with van der Waals surface area (Å²) >= 11 is 0. The molecule has 0 aliphatic carbocycles. The third-order valence-electron chi connectivity index (χ3n) is 9.30. The molecule has 3 aromatic carbocycles. The van der Waals surface area contributed by atoms with E-state index in [9.17, 15) is 13.2 Å². The van der Waals surface area contributed by atoms with Crippen LogP contribution in [0.1, 0.15) is 40.2 Å². The number of nitrogens with zero attached hydrogens (tertiary/aromatic N) is 6. The molecule has 0 radical (unpaired) electrons. The van der Waals surface area contributed by atoms with Crippen molar-refractivity contribution in [2.45, 2.75) is 37.6 Å². The Morgan fingerprint density at radius 1 is 1.00 bits per heavy atom. The van der Waals surface area contributed by atoms with Crippen molar-refractivity contribution in [3.8, 4) is 0 Å². The average molecular weight is 647 g/mol. The SMILES string of the molecule is Cc1ccc(C(CC(=O)OCCN2CCOCC2)c2ccc3c(nnn3C)c2C)cc1CN1CCN(C)c2ccccc2S1(=O)=O. The lowest BCUT2D eigenvalue weighted by Gasteiger charge is -2.26. The number of fused-ring (bicyclic) bond motifs is 2. The molecule has 244 valence electrons. The van der Waals surface area contributed by atoms with Crippen molar-refractivity contribution in [1.29, 1.82) is 0 Å². The first-order valence-electron chi connectivity index (χ1n) is 15.8. The number of hydrogen-bond acceptors (Lipinski definition) is 9. The van der Waals surface area contributed by atoms with Gasteiger partial charge < -0.3 is 14.4 Å². The van der Waals surface area contributed by atoms with Crippen molar-refractivity contribution >= 4 is 32.7 Å². The highest BCUT2D eigenvalue weighted by Crippen LogP contribution is 2.36. The Kier molecular flexibility index (Phi) is 9.42. The second-order valence-corrected chi connectivity index (χ2v) is 14.1. The summed E-state index contributed by atoms with van der Waals surface area (Å²) in [6, 6.07) is 17.3. The van der Waals surface area contributed by atoms with Crippen LogP contribution in [-0.2, 0) is 37.9 Å². The van der Waals surface area contributed by atoms with Crippen LogP contribution >= 0.6 is 0 Å². The first-order valence-corrected chi connectivity index (χ1v) is 17.2. The molecule has 2 aliphatic heterocycles.